The molecule has 4 aromatic rings. The molecule has 5 heteroatoms. The van der Waals surface area contributed by atoms with Gasteiger partial charge in [-0.25, -0.2) is 0 Å². The molecule has 174 valence electrons. The molecule has 0 atom stereocenters. The summed E-state index contributed by atoms with van der Waals surface area (Å²) in [6.45, 7) is 4.03. The minimum absolute atomic E-state index is 0.0739. The van der Waals surface area contributed by atoms with Crippen LogP contribution in [-0.4, -0.2) is 17.6 Å². The van der Waals surface area contributed by atoms with Crippen molar-refractivity contribution in [1.29, 1.82) is 0 Å². The number of hydrogen-bond donors (Lipinski definition) is 1. The summed E-state index contributed by atoms with van der Waals surface area (Å²) in [5, 5.41) is 3.81. The molecule has 0 saturated heterocycles. The van der Waals surface area contributed by atoms with Gasteiger partial charge in [0.2, 0.25) is 5.91 Å². The Balaban J connectivity index is 1.65. The third kappa shape index (κ3) is 5.37. The largest absolute Gasteiger partial charge is 0.497 e. The van der Waals surface area contributed by atoms with E-state index in [-0.39, 0.29) is 18.0 Å². The van der Waals surface area contributed by atoms with Crippen molar-refractivity contribution in [1.82, 2.24) is 4.57 Å². The molecule has 3 aromatic carbocycles. The van der Waals surface area contributed by atoms with Crippen LogP contribution in [0.5, 0.6) is 5.75 Å². The molecule has 0 aliphatic rings. The third-order valence-corrected chi connectivity index (χ3v) is 6.10. The summed E-state index contributed by atoms with van der Waals surface area (Å²) in [5.74, 6) is 0.396. The number of aromatic nitrogens is 1. The Morgan fingerprint density at radius 3 is 2.41 bits per heavy atom. The zero-order chi connectivity index (χ0) is 24.1. The predicted octanol–water partition coefficient (Wildman–Crippen LogP) is 5.30. The predicted molar refractivity (Wildman–Crippen MR) is 138 cm³/mol. The van der Waals surface area contributed by atoms with Crippen molar-refractivity contribution in [2.24, 2.45) is 0 Å². The van der Waals surface area contributed by atoms with Crippen molar-refractivity contribution in [3.05, 3.63) is 105 Å². The van der Waals surface area contributed by atoms with E-state index in [1.807, 2.05) is 55.5 Å². The number of amides is 1. The Morgan fingerprint density at radius 2 is 1.71 bits per heavy atom. The zero-order valence-electron chi connectivity index (χ0n) is 19.9. The van der Waals surface area contributed by atoms with E-state index in [0.29, 0.717) is 28.9 Å². The topological polar surface area (TPSA) is 60.3 Å². The first-order chi connectivity index (χ1) is 16.5. The minimum atomic E-state index is -0.246. The summed E-state index contributed by atoms with van der Waals surface area (Å²) in [4.78, 5) is 26.4. The van der Waals surface area contributed by atoms with Gasteiger partial charge in [-0.1, -0.05) is 43.3 Å². The molecule has 1 aromatic heterocycles. The minimum Gasteiger partial charge on any atom is -0.497 e. The number of ether oxygens (including phenoxy) is 1. The van der Waals surface area contributed by atoms with Crippen molar-refractivity contribution in [2.75, 3.05) is 12.4 Å². The highest BCUT2D eigenvalue weighted by atomic mass is 16.5. The van der Waals surface area contributed by atoms with E-state index in [1.54, 1.807) is 11.7 Å². The molecule has 34 heavy (non-hydrogen) atoms. The summed E-state index contributed by atoms with van der Waals surface area (Å²) in [5.41, 5.74) is 5.48. The highest BCUT2D eigenvalue weighted by molar-refractivity contribution is 5.92. The molecule has 0 radical (unpaired) electrons. The van der Waals surface area contributed by atoms with E-state index in [0.717, 1.165) is 23.8 Å². The fraction of sp³-hybridized carbons (Fsp3) is 0.241. The van der Waals surface area contributed by atoms with Crippen molar-refractivity contribution < 1.29 is 9.53 Å². The number of fused-ring (bicyclic) bond motifs is 1. The molecular formula is C29H30N2O3. The molecule has 0 aliphatic carbocycles. The van der Waals surface area contributed by atoms with Crippen LogP contribution in [0.3, 0.4) is 0 Å². The Kier molecular flexibility index (Phi) is 7.12. The fourth-order valence-corrected chi connectivity index (χ4v) is 4.16. The molecule has 4 rings (SSSR count). The maximum absolute atomic E-state index is 13.5. The molecule has 1 N–H and O–H groups in total. The highest BCUT2D eigenvalue weighted by Crippen LogP contribution is 2.21. The number of aryl methyl sites for hydroxylation is 4. The van der Waals surface area contributed by atoms with Gasteiger partial charge in [-0.05, 0) is 78.6 Å². The monoisotopic (exact) mass is 454 g/mol. The first kappa shape index (κ1) is 23.3. The lowest BCUT2D eigenvalue weighted by atomic mass is 10.0. The first-order valence-electron chi connectivity index (χ1n) is 11.6. The van der Waals surface area contributed by atoms with E-state index in [4.69, 9.17) is 4.74 Å². The SMILES string of the molecule is CCc1ccc(CCc2cc3ccc(OC)cc3n(CC(=O)Nc3cccc(C)c3)c2=O)cc1. The maximum Gasteiger partial charge on any atom is 0.254 e. The van der Waals surface area contributed by atoms with Gasteiger partial charge >= 0.3 is 0 Å². The molecule has 0 fully saturated rings. The molecule has 0 spiro atoms. The Bertz CT molecular complexity index is 1370. The number of carbonyl (C=O) groups excluding carboxylic acids is 1. The average Bonchev–Trinajstić information content (AvgIpc) is 2.84. The number of nitrogens with one attached hydrogen (secondary N) is 1. The number of carbonyl (C=O) groups is 1. The molecular weight excluding hydrogens is 424 g/mol. The maximum atomic E-state index is 13.5. The number of nitrogens with zero attached hydrogens (tertiary/aromatic N) is 1. The number of anilines is 1. The normalized spacial score (nSPS) is 10.9. The van der Waals surface area contributed by atoms with Gasteiger partial charge in [-0.3, -0.25) is 14.2 Å². The van der Waals surface area contributed by atoms with Crippen LogP contribution in [0.1, 0.15) is 29.2 Å². The van der Waals surface area contributed by atoms with Gasteiger partial charge in [0, 0.05) is 17.3 Å². The lowest BCUT2D eigenvalue weighted by Gasteiger charge is -2.14. The van der Waals surface area contributed by atoms with Gasteiger partial charge in [-0.15, -0.1) is 0 Å². The summed E-state index contributed by atoms with van der Waals surface area (Å²) >= 11 is 0. The van der Waals surface area contributed by atoms with Crippen LogP contribution in [0, 0.1) is 6.92 Å². The van der Waals surface area contributed by atoms with E-state index >= 15 is 0 Å². The van der Waals surface area contributed by atoms with Crippen LogP contribution in [0.2, 0.25) is 0 Å². The smallest absolute Gasteiger partial charge is 0.254 e. The summed E-state index contributed by atoms with van der Waals surface area (Å²) < 4.78 is 6.92. The van der Waals surface area contributed by atoms with Gasteiger partial charge in [0.05, 0.1) is 12.6 Å². The number of benzene rings is 3. The second kappa shape index (κ2) is 10.4. The first-order valence-corrected chi connectivity index (χ1v) is 11.6. The van der Waals surface area contributed by atoms with Crippen LogP contribution in [0.4, 0.5) is 5.69 Å². The molecule has 0 aliphatic heterocycles. The van der Waals surface area contributed by atoms with Crippen LogP contribution in [-0.2, 0) is 30.6 Å². The van der Waals surface area contributed by atoms with E-state index in [1.165, 1.54) is 11.1 Å². The van der Waals surface area contributed by atoms with E-state index in [2.05, 4.69) is 36.5 Å². The number of methoxy groups -OCH3 is 1. The van der Waals surface area contributed by atoms with Crippen molar-refractivity contribution >= 4 is 22.5 Å². The third-order valence-electron chi connectivity index (χ3n) is 6.10. The Hall–Kier alpha value is -3.86. The van der Waals surface area contributed by atoms with Gasteiger partial charge in [0.25, 0.3) is 5.56 Å². The summed E-state index contributed by atoms with van der Waals surface area (Å²) in [6, 6.07) is 23.7. The lowest BCUT2D eigenvalue weighted by Crippen LogP contribution is -2.30. The van der Waals surface area contributed by atoms with Gasteiger partial charge < -0.3 is 10.1 Å². The second-order valence-corrected chi connectivity index (χ2v) is 8.57. The quantitative estimate of drug-likeness (QED) is 0.393. The van der Waals surface area contributed by atoms with Gasteiger partial charge in [-0.2, -0.15) is 0 Å². The van der Waals surface area contributed by atoms with Crippen LogP contribution in [0.15, 0.2) is 77.6 Å². The lowest BCUT2D eigenvalue weighted by molar-refractivity contribution is -0.116. The molecule has 0 unspecified atom stereocenters. The average molecular weight is 455 g/mol. The van der Waals surface area contributed by atoms with Gasteiger partial charge in [0.1, 0.15) is 12.3 Å². The van der Waals surface area contributed by atoms with Crippen molar-refractivity contribution in [2.45, 2.75) is 39.7 Å². The standard InChI is InChI=1S/C29H30N2O3/c1-4-21-8-10-22(11-9-21)12-13-24-17-23-14-15-26(34-3)18-27(23)31(29(24)33)19-28(32)30-25-7-5-6-20(2)16-25/h5-11,14-18H,4,12-13,19H2,1-3H3,(H,30,32). The second-order valence-electron chi connectivity index (χ2n) is 8.57. The molecule has 0 saturated carbocycles. The molecule has 5 nitrogen and oxygen atoms in total. The number of rotatable bonds is 8. The fourth-order valence-electron chi connectivity index (χ4n) is 4.16. The van der Waals surface area contributed by atoms with Crippen molar-refractivity contribution in [3.8, 4) is 5.75 Å². The Morgan fingerprint density at radius 1 is 0.941 bits per heavy atom. The summed E-state index contributed by atoms with van der Waals surface area (Å²) in [7, 11) is 1.59. The van der Waals surface area contributed by atoms with Crippen molar-refractivity contribution in [3.63, 3.8) is 0 Å². The van der Waals surface area contributed by atoms with Gasteiger partial charge in [0.15, 0.2) is 0 Å². The molecule has 1 amide bonds. The zero-order valence-corrected chi connectivity index (χ0v) is 19.9. The summed E-state index contributed by atoms with van der Waals surface area (Å²) in [6.07, 6.45) is 2.37. The van der Waals surface area contributed by atoms with Crippen LogP contribution in [0.25, 0.3) is 10.9 Å². The van der Waals surface area contributed by atoms with Crippen LogP contribution < -0.4 is 15.6 Å². The number of hydrogen-bond acceptors (Lipinski definition) is 3. The molecule has 1 heterocycles. The molecule has 0 bridgehead atoms. The highest BCUT2D eigenvalue weighted by Gasteiger charge is 2.14. The van der Waals surface area contributed by atoms with E-state index in [9.17, 15) is 9.59 Å². The van der Waals surface area contributed by atoms with Crippen LogP contribution >= 0.6 is 0 Å². The van der Waals surface area contributed by atoms with E-state index < -0.39 is 0 Å². The Labute approximate surface area is 200 Å². The number of pyridine rings is 1.